The number of benzene rings is 2. The maximum Gasteiger partial charge on any atom is 0.205 e. The highest BCUT2D eigenvalue weighted by molar-refractivity contribution is 9.10. The molecule has 0 amide bonds. The zero-order valence-corrected chi connectivity index (χ0v) is 16.0. The van der Waals surface area contributed by atoms with Crippen LogP contribution in [-0.2, 0) is 0 Å². The van der Waals surface area contributed by atoms with Crippen molar-refractivity contribution in [2.24, 2.45) is 0 Å². The highest BCUT2D eigenvalue weighted by Gasteiger charge is 2.20. The van der Waals surface area contributed by atoms with E-state index in [2.05, 4.69) is 32.3 Å². The Morgan fingerprint density at radius 2 is 1.85 bits per heavy atom. The van der Waals surface area contributed by atoms with E-state index in [0.29, 0.717) is 39.4 Å². The van der Waals surface area contributed by atoms with E-state index in [9.17, 15) is 5.26 Å². The lowest BCUT2D eigenvalue weighted by Gasteiger charge is -2.17. The monoisotopic (exact) mass is 413 g/mol. The van der Waals surface area contributed by atoms with Crippen LogP contribution in [0.25, 0.3) is 10.9 Å². The fourth-order valence-electron chi connectivity index (χ4n) is 2.73. The molecule has 1 aromatic heterocycles. The van der Waals surface area contributed by atoms with Gasteiger partial charge in [-0.1, -0.05) is 22.0 Å². The third kappa shape index (κ3) is 3.11. The average Bonchev–Trinajstić information content (AvgIpc) is 2.66. The molecule has 0 atom stereocenters. The molecule has 0 aliphatic carbocycles. The lowest BCUT2D eigenvalue weighted by molar-refractivity contribution is 0.327. The van der Waals surface area contributed by atoms with Gasteiger partial charge in [0.15, 0.2) is 11.5 Å². The first-order valence-corrected chi connectivity index (χ1v) is 8.46. The van der Waals surface area contributed by atoms with Gasteiger partial charge in [0.1, 0.15) is 11.6 Å². The summed E-state index contributed by atoms with van der Waals surface area (Å²) in [4.78, 5) is 4.39. The fourth-order valence-corrected chi connectivity index (χ4v) is 3.13. The van der Waals surface area contributed by atoms with Crippen molar-refractivity contribution in [1.82, 2.24) is 4.98 Å². The maximum absolute atomic E-state index is 9.54. The summed E-state index contributed by atoms with van der Waals surface area (Å²) in [6.45, 7) is 0. The summed E-state index contributed by atoms with van der Waals surface area (Å²) in [5, 5.41) is 13.5. The van der Waals surface area contributed by atoms with Crippen molar-refractivity contribution in [1.29, 1.82) is 5.26 Å². The number of hydrogen-bond acceptors (Lipinski definition) is 6. The molecule has 2 aromatic carbocycles. The van der Waals surface area contributed by atoms with Gasteiger partial charge in [0.05, 0.1) is 32.6 Å². The largest absolute Gasteiger partial charge is 0.493 e. The van der Waals surface area contributed by atoms with Gasteiger partial charge in [-0.3, -0.25) is 4.98 Å². The Morgan fingerprint density at radius 3 is 2.46 bits per heavy atom. The number of pyridine rings is 1. The molecule has 7 heteroatoms. The van der Waals surface area contributed by atoms with Gasteiger partial charge >= 0.3 is 0 Å². The number of aromatic nitrogens is 1. The Bertz CT molecular complexity index is 1020. The number of ether oxygens (including phenoxy) is 3. The van der Waals surface area contributed by atoms with Crippen LogP contribution in [0.5, 0.6) is 17.2 Å². The third-order valence-corrected chi connectivity index (χ3v) is 4.37. The number of halogens is 1. The summed E-state index contributed by atoms with van der Waals surface area (Å²) in [6.07, 6.45) is 1.51. The summed E-state index contributed by atoms with van der Waals surface area (Å²) in [5.74, 6) is 1.39. The minimum atomic E-state index is 0.409. The number of nitrogens with zero attached hydrogens (tertiary/aromatic N) is 2. The molecule has 132 valence electrons. The summed E-state index contributed by atoms with van der Waals surface area (Å²) in [6, 6.07) is 11.6. The zero-order valence-electron chi connectivity index (χ0n) is 14.5. The number of nitriles is 1. The number of fused-ring (bicyclic) bond motifs is 1. The third-order valence-electron chi connectivity index (χ3n) is 3.88. The van der Waals surface area contributed by atoms with Gasteiger partial charge in [-0.25, -0.2) is 0 Å². The first-order chi connectivity index (χ1) is 12.6. The van der Waals surface area contributed by atoms with Gasteiger partial charge in [0.25, 0.3) is 0 Å². The van der Waals surface area contributed by atoms with Crippen LogP contribution in [0.3, 0.4) is 0 Å². The second-order valence-corrected chi connectivity index (χ2v) is 6.25. The molecule has 26 heavy (non-hydrogen) atoms. The molecular weight excluding hydrogens is 398 g/mol. The van der Waals surface area contributed by atoms with Crippen LogP contribution in [0.1, 0.15) is 5.56 Å². The summed E-state index contributed by atoms with van der Waals surface area (Å²) < 4.78 is 17.3. The SMILES string of the molecule is COc1cc2c(Nc3cccc(Br)c3)c(C#N)cnc2c(OC)c1OC. The van der Waals surface area contributed by atoms with Crippen LogP contribution >= 0.6 is 15.9 Å². The molecule has 0 bridgehead atoms. The molecule has 3 rings (SSSR count). The number of rotatable bonds is 5. The van der Waals surface area contributed by atoms with E-state index in [1.807, 2.05) is 24.3 Å². The van der Waals surface area contributed by atoms with Gasteiger partial charge in [0.2, 0.25) is 5.75 Å². The van der Waals surface area contributed by atoms with Crippen LogP contribution in [0.2, 0.25) is 0 Å². The van der Waals surface area contributed by atoms with Crippen molar-refractivity contribution in [3.63, 3.8) is 0 Å². The standard InChI is InChI=1S/C19H16BrN3O3/c1-24-15-8-14-16(23-13-6-4-5-12(20)7-13)11(9-21)10-22-17(14)19(26-3)18(15)25-2/h4-8,10H,1-3H3,(H,22,23). The first-order valence-electron chi connectivity index (χ1n) is 7.67. The Morgan fingerprint density at radius 1 is 1.08 bits per heavy atom. The van der Waals surface area contributed by atoms with Crippen molar-refractivity contribution in [2.45, 2.75) is 0 Å². The fraction of sp³-hybridized carbons (Fsp3) is 0.158. The van der Waals surface area contributed by atoms with Crippen molar-refractivity contribution in [3.8, 4) is 23.3 Å². The van der Waals surface area contributed by atoms with Crippen LogP contribution in [0, 0.1) is 11.3 Å². The average molecular weight is 414 g/mol. The van der Waals surface area contributed by atoms with E-state index >= 15 is 0 Å². The molecule has 0 aliphatic heterocycles. The van der Waals surface area contributed by atoms with Crippen molar-refractivity contribution in [3.05, 3.63) is 46.6 Å². The highest BCUT2D eigenvalue weighted by atomic mass is 79.9. The predicted molar refractivity (Wildman–Crippen MR) is 104 cm³/mol. The van der Waals surface area contributed by atoms with E-state index in [0.717, 1.165) is 10.2 Å². The Balaban J connectivity index is 2.31. The number of anilines is 2. The Kier molecular flexibility index (Phi) is 5.14. The number of hydrogen-bond donors (Lipinski definition) is 1. The topological polar surface area (TPSA) is 76.4 Å². The summed E-state index contributed by atoms with van der Waals surface area (Å²) >= 11 is 3.45. The molecule has 0 aliphatic rings. The molecule has 0 fully saturated rings. The van der Waals surface area contributed by atoms with Crippen LogP contribution in [-0.4, -0.2) is 26.3 Å². The van der Waals surface area contributed by atoms with Gasteiger partial charge < -0.3 is 19.5 Å². The van der Waals surface area contributed by atoms with E-state index < -0.39 is 0 Å². The second-order valence-electron chi connectivity index (χ2n) is 5.34. The molecule has 6 nitrogen and oxygen atoms in total. The van der Waals surface area contributed by atoms with Crippen LogP contribution in [0.15, 0.2) is 41.0 Å². The minimum Gasteiger partial charge on any atom is -0.493 e. The van der Waals surface area contributed by atoms with Crippen molar-refractivity contribution >= 4 is 38.2 Å². The van der Waals surface area contributed by atoms with Crippen molar-refractivity contribution < 1.29 is 14.2 Å². The van der Waals surface area contributed by atoms with E-state index in [-0.39, 0.29) is 0 Å². The van der Waals surface area contributed by atoms with E-state index in [1.54, 1.807) is 13.2 Å². The maximum atomic E-state index is 9.54. The smallest absolute Gasteiger partial charge is 0.205 e. The van der Waals surface area contributed by atoms with Gasteiger partial charge in [0, 0.05) is 21.7 Å². The normalized spacial score (nSPS) is 10.3. The van der Waals surface area contributed by atoms with Gasteiger partial charge in [-0.15, -0.1) is 0 Å². The first kappa shape index (κ1) is 17.8. The van der Waals surface area contributed by atoms with Gasteiger partial charge in [-0.2, -0.15) is 5.26 Å². The Labute approximate surface area is 159 Å². The van der Waals surface area contributed by atoms with E-state index in [1.165, 1.54) is 20.4 Å². The van der Waals surface area contributed by atoms with Crippen LogP contribution in [0.4, 0.5) is 11.4 Å². The molecule has 0 saturated carbocycles. The second kappa shape index (κ2) is 7.50. The highest BCUT2D eigenvalue weighted by Crippen LogP contribution is 2.45. The van der Waals surface area contributed by atoms with Crippen LogP contribution < -0.4 is 19.5 Å². The lowest BCUT2D eigenvalue weighted by atomic mass is 10.1. The minimum absolute atomic E-state index is 0.409. The molecule has 1 heterocycles. The molecular formula is C19H16BrN3O3. The quantitative estimate of drug-likeness (QED) is 0.656. The van der Waals surface area contributed by atoms with Crippen molar-refractivity contribution in [2.75, 3.05) is 26.6 Å². The zero-order chi connectivity index (χ0) is 18.7. The molecule has 3 aromatic rings. The molecule has 0 saturated heterocycles. The number of nitrogens with one attached hydrogen (secondary N) is 1. The Hall–Kier alpha value is -2.98. The summed E-state index contributed by atoms with van der Waals surface area (Å²) in [5.41, 5.74) is 2.43. The molecule has 0 unspecified atom stereocenters. The molecule has 0 radical (unpaired) electrons. The van der Waals surface area contributed by atoms with E-state index in [4.69, 9.17) is 14.2 Å². The molecule has 0 spiro atoms. The molecule has 1 N–H and O–H groups in total. The summed E-state index contributed by atoms with van der Waals surface area (Å²) in [7, 11) is 4.63. The van der Waals surface area contributed by atoms with Gasteiger partial charge in [-0.05, 0) is 24.3 Å². The predicted octanol–water partition coefficient (Wildman–Crippen LogP) is 4.64. The lowest BCUT2D eigenvalue weighted by Crippen LogP contribution is -2.01. The number of methoxy groups -OCH3 is 3.